The molecule has 3 rings (SSSR count). The highest BCUT2D eigenvalue weighted by atomic mass is 16.6. The van der Waals surface area contributed by atoms with E-state index in [0.717, 1.165) is 16.8 Å². The number of amides is 1. The molecule has 0 fully saturated rings. The lowest BCUT2D eigenvalue weighted by molar-refractivity contribution is -0.384. The molecule has 8 nitrogen and oxygen atoms in total. The number of non-ortho nitro benzene ring substituents is 1. The molecule has 0 aliphatic carbocycles. The third-order valence-electron chi connectivity index (χ3n) is 3.96. The molecule has 0 unspecified atom stereocenters. The minimum atomic E-state index is -0.474. The highest BCUT2D eigenvalue weighted by Gasteiger charge is 2.06. The second-order valence-corrected chi connectivity index (χ2v) is 5.81. The smallest absolute Gasteiger partial charge is 0.269 e. The summed E-state index contributed by atoms with van der Waals surface area (Å²) in [6.07, 6.45) is 2.33. The fourth-order valence-corrected chi connectivity index (χ4v) is 2.51. The van der Waals surface area contributed by atoms with Crippen LogP contribution in [0.1, 0.15) is 15.9 Å². The van der Waals surface area contributed by atoms with Crippen molar-refractivity contribution in [3.05, 3.63) is 82.0 Å². The maximum absolute atomic E-state index is 11.1. The van der Waals surface area contributed by atoms with Crippen LogP contribution in [0.3, 0.4) is 0 Å². The first-order valence-corrected chi connectivity index (χ1v) is 8.23. The van der Waals surface area contributed by atoms with E-state index in [9.17, 15) is 14.9 Å². The largest absolute Gasteiger partial charge is 0.366 e. The first kappa shape index (κ1) is 18.0. The summed E-state index contributed by atoms with van der Waals surface area (Å²) in [6, 6.07) is 15.1. The predicted molar refractivity (Wildman–Crippen MR) is 101 cm³/mol. The fraction of sp³-hybridized carbons (Fsp3) is 0.105. The Morgan fingerprint density at radius 3 is 2.41 bits per heavy atom. The van der Waals surface area contributed by atoms with Gasteiger partial charge >= 0.3 is 0 Å². The lowest BCUT2D eigenvalue weighted by Crippen LogP contribution is -2.10. The Hall–Kier alpha value is -3.81. The molecule has 8 heteroatoms. The Morgan fingerprint density at radius 1 is 1.07 bits per heavy atom. The van der Waals surface area contributed by atoms with Gasteiger partial charge in [-0.1, -0.05) is 24.3 Å². The van der Waals surface area contributed by atoms with Gasteiger partial charge in [0.15, 0.2) is 0 Å². The molecule has 0 radical (unpaired) electrons. The molecule has 136 valence electrons. The van der Waals surface area contributed by atoms with Gasteiger partial charge in [-0.2, -0.15) is 0 Å². The molecule has 3 aromatic rings. The molecule has 0 aliphatic rings. The molecule has 1 amide bonds. The fourth-order valence-electron chi connectivity index (χ4n) is 2.51. The average molecular weight is 363 g/mol. The van der Waals surface area contributed by atoms with E-state index in [4.69, 9.17) is 5.73 Å². The molecule has 1 aromatic heterocycles. The van der Waals surface area contributed by atoms with E-state index < -0.39 is 10.8 Å². The zero-order valence-corrected chi connectivity index (χ0v) is 14.3. The number of hydrogen-bond acceptors (Lipinski definition) is 6. The van der Waals surface area contributed by atoms with Gasteiger partial charge in [-0.3, -0.25) is 14.9 Å². The topological polar surface area (TPSA) is 124 Å². The molecule has 3 N–H and O–H groups in total. The number of aromatic nitrogens is 2. The van der Waals surface area contributed by atoms with Crippen LogP contribution in [-0.4, -0.2) is 27.3 Å². The number of rotatable bonds is 7. The van der Waals surface area contributed by atoms with Crippen molar-refractivity contribution in [2.45, 2.75) is 6.42 Å². The van der Waals surface area contributed by atoms with Crippen LogP contribution >= 0.6 is 0 Å². The molecule has 0 spiro atoms. The van der Waals surface area contributed by atoms with Gasteiger partial charge in [-0.25, -0.2) is 9.97 Å². The molecular formula is C19H17N5O3. The van der Waals surface area contributed by atoms with E-state index in [1.165, 1.54) is 12.1 Å². The Morgan fingerprint density at radius 2 is 1.78 bits per heavy atom. The van der Waals surface area contributed by atoms with Crippen molar-refractivity contribution in [3.63, 3.8) is 0 Å². The SMILES string of the molecule is NC(=O)c1ccc(-c2ccnc(NCCc3ccc([N+](=O)[O-])cc3)n2)cc1. The standard InChI is InChI=1S/C19H17N5O3/c20-18(25)15-5-3-14(4-6-15)17-10-12-22-19(23-17)21-11-9-13-1-7-16(8-2-13)24(26)27/h1-8,10,12H,9,11H2,(H2,20,25)(H,21,22,23). The molecule has 0 atom stereocenters. The Balaban J connectivity index is 1.62. The number of anilines is 1. The second kappa shape index (κ2) is 8.05. The minimum absolute atomic E-state index is 0.0742. The summed E-state index contributed by atoms with van der Waals surface area (Å²) in [4.78, 5) is 30.0. The second-order valence-electron chi connectivity index (χ2n) is 5.81. The summed E-state index contributed by atoms with van der Waals surface area (Å²) in [7, 11) is 0. The number of nitrogens with one attached hydrogen (secondary N) is 1. The van der Waals surface area contributed by atoms with Crippen molar-refractivity contribution < 1.29 is 9.72 Å². The van der Waals surface area contributed by atoms with Gasteiger partial charge in [0.05, 0.1) is 10.6 Å². The van der Waals surface area contributed by atoms with Crippen molar-refractivity contribution in [3.8, 4) is 11.3 Å². The van der Waals surface area contributed by atoms with Gasteiger partial charge in [0.2, 0.25) is 11.9 Å². The van der Waals surface area contributed by atoms with Crippen molar-refractivity contribution in [1.82, 2.24) is 9.97 Å². The third-order valence-corrected chi connectivity index (χ3v) is 3.96. The normalized spacial score (nSPS) is 10.4. The highest BCUT2D eigenvalue weighted by Crippen LogP contribution is 2.18. The van der Waals surface area contributed by atoms with Crippen LogP contribution in [0.25, 0.3) is 11.3 Å². The molecular weight excluding hydrogens is 346 g/mol. The number of benzene rings is 2. The monoisotopic (exact) mass is 363 g/mol. The van der Waals surface area contributed by atoms with Gasteiger partial charge in [0.25, 0.3) is 5.69 Å². The summed E-state index contributed by atoms with van der Waals surface area (Å²) >= 11 is 0. The lowest BCUT2D eigenvalue weighted by Gasteiger charge is -2.07. The van der Waals surface area contributed by atoms with Gasteiger partial charge in [0, 0.05) is 36.0 Å². The summed E-state index contributed by atoms with van der Waals surface area (Å²) in [5.41, 5.74) is 8.31. The first-order chi connectivity index (χ1) is 13.0. The van der Waals surface area contributed by atoms with Crippen LogP contribution in [0.4, 0.5) is 11.6 Å². The highest BCUT2D eigenvalue weighted by molar-refractivity contribution is 5.93. The van der Waals surface area contributed by atoms with E-state index >= 15 is 0 Å². The molecule has 2 aromatic carbocycles. The third kappa shape index (κ3) is 4.63. The number of nitrogens with two attached hydrogens (primary N) is 1. The summed E-state index contributed by atoms with van der Waals surface area (Å²) in [5.74, 6) is 0.00577. The molecule has 0 aliphatic heterocycles. The quantitative estimate of drug-likeness (QED) is 0.491. The van der Waals surface area contributed by atoms with E-state index in [2.05, 4.69) is 15.3 Å². The van der Waals surface area contributed by atoms with E-state index in [1.54, 1.807) is 48.7 Å². The van der Waals surface area contributed by atoms with Crippen LogP contribution in [0.15, 0.2) is 60.8 Å². The summed E-state index contributed by atoms with van der Waals surface area (Å²) in [5, 5.41) is 13.8. The molecule has 0 saturated carbocycles. The first-order valence-electron chi connectivity index (χ1n) is 8.23. The Kier molecular flexibility index (Phi) is 5.36. The summed E-state index contributed by atoms with van der Waals surface area (Å²) in [6.45, 7) is 0.585. The van der Waals surface area contributed by atoms with Crippen molar-refractivity contribution in [2.24, 2.45) is 5.73 Å². The van der Waals surface area contributed by atoms with Crippen LogP contribution in [0, 0.1) is 10.1 Å². The molecule has 1 heterocycles. The molecule has 27 heavy (non-hydrogen) atoms. The van der Waals surface area contributed by atoms with Crippen LogP contribution in [-0.2, 0) is 6.42 Å². The minimum Gasteiger partial charge on any atom is -0.366 e. The van der Waals surface area contributed by atoms with Crippen LogP contribution in [0.2, 0.25) is 0 Å². The number of nitro groups is 1. The van der Waals surface area contributed by atoms with E-state index in [-0.39, 0.29) is 5.69 Å². The Labute approximate surface area is 155 Å². The number of hydrogen-bond donors (Lipinski definition) is 2. The lowest BCUT2D eigenvalue weighted by atomic mass is 10.1. The number of nitro benzene ring substituents is 1. The zero-order valence-electron chi connectivity index (χ0n) is 14.3. The average Bonchev–Trinajstić information content (AvgIpc) is 2.69. The van der Waals surface area contributed by atoms with Crippen molar-refractivity contribution in [1.29, 1.82) is 0 Å². The molecule has 0 saturated heterocycles. The zero-order chi connectivity index (χ0) is 19.2. The van der Waals surface area contributed by atoms with Gasteiger partial charge in [-0.15, -0.1) is 0 Å². The van der Waals surface area contributed by atoms with Crippen LogP contribution < -0.4 is 11.1 Å². The number of primary amides is 1. The van der Waals surface area contributed by atoms with E-state index in [0.29, 0.717) is 24.5 Å². The van der Waals surface area contributed by atoms with E-state index in [1.807, 2.05) is 0 Å². The van der Waals surface area contributed by atoms with Crippen molar-refractivity contribution >= 4 is 17.5 Å². The Bertz CT molecular complexity index is 956. The maximum atomic E-state index is 11.1. The maximum Gasteiger partial charge on any atom is 0.269 e. The van der Waals surface area contributed by atoms with Gasteiger partial charge in [0.1, 0.15) is 0 Å². The molecule has 0 bridgehead atoms. The number of carbonyl (C=O) groups is 1. The van der Waals surface area contributed by atoms with Crippen molar-refractivity contribution in [2.75, 3.05) is 11.9 Å². The van der Waals surface area contributed by atoms with Gasteiger partial charge in [-0.05, 0) is 30.2 Å². The van der Waals surface area contributed by atoms with Gasteiger partial charge < -0.3 is 11.1 Å². The number of carbonyl (C=O) groups excluding carboxylic acids is 1. The number of nitrogens with zero attached hydrogens (tertiary/aromatic N) is 3. The van der Waals surface area contributed by atoms with Crippen LogP contribution in [0.5, 0.6) is 0 Å². The predicted octanol–water partition coefficient (Wildman–Crippen LogP) is 2.81. The summed E-state index contributed by atoms with van der Waals surface area (Å²) < 4.78 is 0.